The van der Waals surface area contributed by atoms with Gasteiger partial charge in [0.25, 0.3) is 0 Å². The van der Waals surface area contributed by atoms with Gasteiger partial charge in [0.15, 0.2) is 0 Å². The van der Waals surface area contributed by atoms with Gasteiger partial charge in [-0.3, -0.25) is 10.1 Å². The molecule has 0 saturated carbocycles. The molecule has 2 N–H and O–H groups in total. The van der Waals surface area contributed by atoms with Gasteiger partial charge >= 0.3 is 0 Å². The Morgan fingerprint density at radius 2 is 1.58 bits per heavy atom. The maximum absolute atomic E-state index is 13.0. The Bertz CT molecular complexity index is 684. The van der Waals surface area contributed by atoms with E-state index in [0.29, 0.717) is 0 Å². The van der Waals surface area contributed by atoms with E-state index in [2.05, 4.69) is 36.6 Å². The number of carbonyl (C=O) groups is 1. The monoisotopic (exact) mass is 328 g/mol. The first-order valence-corrected chi connectivity index (χ1v) is 8.26. The van der Waals surface area contributed by atoms with E-state index in [1.807, 2.05) is 26.0 Å². The van der Waals surface area contributed by atoms with Crippen LogP contribution in [0, 0.1) is 12.7 Å². The zero-order valence-electron chi connectivity index (χ0n) is 14.6. The number of nitrogens with one attached hydrogen (secondary N) is 2. The first kappa shape index (κ1) is 18.1. The highest BCUT2D eigenvalue weighted by atomic mass is 19.1. The molecule has 0 bridgehead atoms. The van der Waals surface area contributed by atoms with Gasteiger partial charge < -0.3 is 5.32 Å². The number of benzene rings is 2. The Kier molecular flexibility index (Phi) is 6.10. The van der Waals surface area contributed by atoms with E-state index in [1.54, 1.807) is 12.1 Å². The molecule has 0 heterocycles. The minimum Gasteiger partial charge on any atom is -0.348 e. The SMILES string of the molecule is Cc1ccccc1C(C)NC(C)C(=O)NC(C)c1ccc(F)cc1. The van der Waals surface area contributed by atoms with Gasteiger partial charge in [-0.05, 0) is 56.5 Å². The molecule has 3 atom stereocenters. The molecule has 1 amide bonds. The summed E-state index contributed by atoms with van der Waals surface area (Å²) in [4.78, 5) is 12.4. The van der Waals surface area contributed by atoms with E-state index < -0.39 is 0 Å². The molecule has 24 heavy (non-hydrogen) atoms. The smallest absolute Gasteiger partial charge is 0.237 e. The molecule has 2 aromatic rings. The summed E-state index contributed by atoms with van der Waals surface area (Å²) in [5.41, 5.74) is 3.26. The molecule has 3 unspecified atom stereocenters. The number of hydrogen-bond acceptors (Lipinski definition) is 2. The molecule has 4 heteroatoms. The Morgan fingerprint density at radius 1 is 0.958 bits per heavy atom. The minimum atomic E-state index is -0.331. The summed E-state index contributed by atoms with van der Waals surface area (Å²) in [6.45, 7) is 7.86. The lowest BCUT2D eigenvalue weighted by Gasteiger charge is -2.23. The second kappa shape index (κ2) is 8.06. The molecule has 0 saturated heterocycles. The lowest BCUT2D eigenvalue weighted by molar-refractivity contribution is -0.123. The maximum atomic E-state index is 13.0. The first-order chi connectivity index (χ1) is 11.4. The molecule has 0 aromatic heterocycles. The van der Waals surface area contributed by atoms with Crippen LogP contribution in [-0.4, -0.2) is 11.9 Å². The van der Waals surface area contributed by atoms with Crippen LogP contribution in [0.4, 0.5) is 4.39 Å². The number of halogens is 1. The molecule has 0 fully saturated rings. The molecule has 3 nitrogen and oxygen atoms in total. The van der Waals surface area contributed by atoms with Crippen molar-refractivity contribution < 1.29 is 9.18 Å². The van der Waals surface area contributed by atoms with Crippen molar-refractivity contribution in [1.29, 1.82) is 0 Å². The first-order valence-electron chi connectivity index (χ1n) is 8.26. The van der Waals surface area contributed by atoms with Crippen molar-refractivity contribution in [3.8, 4) is 0 Å². The summed E-state index contributed by atoms with van der Waals surface area (Å²) in [6, 6.07) is 13.9. The van der Waals surface area contributed by atoms with Gasteiger partial charge in [-0.15, -0.1) is 0 Å². The van der Waals surface area contributed by atoms with E-state index in [4.69, 9.17) is 0 Å². The number of hydrogen-bond donors (Lipinski definition) is 2. The lowest BCUT2D eigenvalue weighted by Crippen LogP contribution is -2.44. The summed E-state index contributed by atoms with van der Waals surface area (Å²) >= 11 is 0. The third kappa shape index (κ3) is 4.65. The lowest BCUT2D eigenvalue weighted by atomic mass is 10.0. The standard InChI is InChI=1S/C20H25FN2O/c1-13-7-5-6-8-19(13)15(3)22-16(4)20(24)23-14(2)17-9-11-18(21)12-10-17/h5-12,14-16,22H,1-4H3,(H,23,24). The van der Waals surface area contributed by atoms with Crippen molar-refractivity contribution in [2.75, 3.05) is 0 Å². The van der Waals surface area contributed by atoms with Crippen LogP contribution in [0.1, 0.15) is 49.5 Å². The zero-order chi connectivity index (χ0) is 17.7. The Balaban J connectivity index is 1.94. The molecule has 0 aliphatic heterocycles. The van der Waals surface area contributed by atoms with Crippen molar-refractivity contribution in [1.82, 2.24) is 10.6 Å². The highest BCUT2D eigenvalue weighted by Gasteiger charge is 2.19. The van der Waals surface area contributed by atoms with E-state index in [-0.39, 0.29) is 29.8 Å². The van der Waals surface area contributed by atoms with Crippen LogP contribution in [0.2, 0.25) is 0 Å². The molecular formula is C20H25FN2O. The molecule has 0 aliphatic rings. The third-order valence-corrected chi connectivity index (χ3v) is 4.28. The van der Waals surface area contributed by atoms with Crippen LogP contribution in [0.5, 0.6) is 0 Å². The third-order valence-electron chi connectivity index (χ3n) is 4.28. The van der Waals surface area contributed by atoms with Crippen LogP contribution in [0.15, 0.2) is 48.5 Å². The molecular weight excluding hydrogens is 303 g/mol. The normalized spacial score (nSPS) is 14.7. The predicted octanol–water partition coefficient (Wildman–Crippen LogP) is 4.05. The summed E-state index contributed by atoms with van der Waals surface area (Å²) in [5, 5.41) is 6.29. The average Bonchev–Trinajstić information content (AvgIpc) is 2.55. The Hall–Kier alpha value is -2.20. The van der Waals surface area contributed by atoms with Crippen LogP contribution < -0.4 is 10.6 Å². The van der Waals surface area contributed by atoms with E-state index in [9.17, 15) is 9.18 Å². The van der Waals surface area contributed by atoms with Crippen molar-refractivity contribution in [3.63, 3.8) is 0 Å². The number of carbonyl (C=O) groups excluding carboxylic acids is 1. The molecule has 0 radical (unpaired) electrons. The summed E-state index contributed by atoms with van der Waals surface area (Å²) in [7, 11) is 0. The van der Waals surface area contributed by atoms with Crippen LogP contribution >= 0.6 is 0 Å². The molecule has 0 spiro atoms. The Morgan fingerprint density at radius 3 is 2.21 bits per heavy atom. The highest BCUT2D eigenvalue weighted by Crippen LogP contribution is 2.18. The topological polar surface area (TPSA) is 41.1 Å². The van der Waals surface area contributed by atoms with E-state index in [1.165, 1.54) is 23.3 Å². The van der Waals surface area contributed by atoms with Gasteiger partial charge in [0, 0.05) is 6.04 Å². The van der Waals surface area contributed by atoms with Gasteiger partial charge in [0.1, 0.15) is 5.82 Å². The molecule has 2 aromatic carbocycles. The van der Waals surface area contributed by atoms with Gasteiger partial charge in [-0.1, -0.05) is 36.4 Å². The minimum absolute atomic E-state index is 0.0766. The van der Waals surface area contributed by atoms with Crippen molar-refractivity contribution in [2.24, 2.45) is 0 Å². The second-order valence-corrected chi connectivity index (χ2v) is 6.25. The van der Waals surface area contributed by atoms with Gasteiger partial charge in [0.05, 0.1) is 12.1 Å². The predicted molar refractivity (Wildman–Crippen MR) is 95.1 cm³/mol. The quantitative estimate of drug-likeness (QED) is 0.840. The van der Waals surface area contributed by atoms with Gasteiger partial charge in [0.2, 0.25) is 5.91 Å². The maximum Gasteiger partial charge on any atom is 0.237 e. The second-order valence-electron chi connectivity index (χ2n) is 6.25. The molecule has 0 aliphatic carbocycles. The van der Waals surface area contributed by atoms with Crippen LogP contribution in [-0.2, 0) is 4.79 Å². The zero-order valence-corrected chi connectivity index (χ0v) is 14.6. The summed E-state index contributed by atoms with van der Waals surface area (Å²) < 4.78 is 13.0. The number of rotatable bonds is 6. The van der Waals surface area contributed by atoms with E-state index in [0.717, 1.165) is 5.56 Å². The fraction of sp³-hybridized carbons (Fsp3) is 0.350. The van der Waals surface area contributed by atoms with Crippen LogP contribution in [0.3, 0.4) is 0 Å². The van der Waals surface area contributed by atoms with Crippen molar-refractivity contribution in [3.05, 3.63) is 71.0 Å². The largest absolute Gasteiger partial charge is 0.348 e. The highest BCUT2D eigenvalue weighted by molar-refractivity contribution is 5.81. The van der Waals surface area contributed by atoms with Gasteiger partial charge in [-0.25, -0.2) is 4.39 Å². The summed E-state index contributed by atoms with van der Waals surface area (Å²) in [5.74, 6) is -0.355. The average molecular weight is 328 g/mol. The number of aryl methyl sites for hydroxylation is 1. The fourth-order valence-corrected chi connectivity index (χ4v) is 2.79. The fourth-order valence-electron chi connectivity index (χ4n) is 2.79. The van der Waals surface area contributed by atoms with Crippen LogP contribution in [0.25, 0.3) is 0 Å². The van der Waals surface area contributed by atoms with Gasteiger partial charge in [-0.2, -0.15) is 0 Å². The number of amides is 1. The Labute approximate surface area is 143 Å². The van der Waals surface area contributed by atoms with Crippen molar-refractivity contribution >= 4 is 5.91 Å². The van der Waals surface area contributed by atoms with E-state index >= 15 is 0 Å². The van der Waals surface area contributed by atoms with Crippen molar-refractivity contribution in [2.45, 2.75) is 45.8 Å². The molecule has 2 rings (SSSR count). The summed E-state index contributed by atoms with van der Waals surface area (Å²) in [6.07, 6.45) is 0. The molecule has 128 valence electrons.